The van der Waals surface area contributed by atoms with Crippen molar-refractivity contribution in [3.8, 4) is 0 Å². The van der Waals surface area contributed by atoms with Gasteiger partial charge in [-0.3, -0.25) is 0 Å². The number of carbonyl (C=O) groups excluding carboxylic acids is 3. The lowest BCUT2D eigenvalue weighted by Gasteiger charge is -2.11. The molecule has 0 aliphatic rings. The minimum atomic E-state index is 0.0155. The third-order valence-electron chi connectivity index (χ3n) is 3.64. The van der Waals surface area contributed by atoms with Gasteiger partial charge in [0.15, 0.2) is 0 Å². The van der Waals surface area contributed by atoms with Crippen LogP contribution in [0, 0.1) is 0 Å². The van der Waals surface area contributed by atoms with Crippen molar-refractivity contribution < 1.29 is 14.4 Å². The average Bonchev–Trinajstić information content (AvgIpc) is 2.53. The third-order valence-corrected chi connectivity index (χ3v) is 3.64. The summed E-state index contributed by atoms with van der Waals surface area (Å²) in [6.45, 7) is 2.51. The molecule has 0 aliphatic heterocycles. The van der Waals surface area contributed by atoms with Crippen LogP contribution in [0.2, 0.25) is 0 Å². The minimum absolute atomic E-state index is 0.0155. The molecule has 6 heteroatoms. The van der Waals surface area contributed by atoms with E-state index in [1.807, 2.05) is 6.92 Å². The smallest absolute Gasteiger partial charge is 0.211 e. The maximum atomic E-state index is 10.5. The molecule has 0 saturated carbocycles. The van der Waals surface area contributed by atoms with Gasteiger partial charge in [-0.2, -0.15) is 0 Å². The predicted octanol–water partition coefficient (Wildman–Crippen LogP) is 3.26. The molecule has 0 amide bonds. The topological polar surface area (TPSA) is 88.3 Å². The fourth-order valence-electron chi connectivity index (χ4n) is 2.34. The molecule has 6 nitrogen and oxygen atoms in total. The van der Waals surface area contributed by atoms with Gasteiger partial charge in [0.1, 0.15) is 0 Å². The molecule has 0 aromatic heterocycles. The zero-order valence-corrected chi connectivity index (χ0v) is 13.3. The van der Waals surface area contributed by atoms with E-state index in [1.54, 1.807) is 12.2 Å². The monoisotopic (exact) mass is 307 g/mol. The van der Waals surface area contributed by atoms with E-state index in [4.69, 9.17) is 0 Å². The second-order valence-electron chi connectivity index (χ2n) is 5.26. The van der Waals surface area contributed by atoms with Crippen LogP contribution in [0.3, 0.4) is 0 Å². The van der Waals surface area contributed by atoms with E-state index >= 15 is 0 Å². The maximum absolute atomic E-state index is 10.5. The van der Waals surface area contributed by atoms with Gasteiger partial charge in [0.2, 0.25) is 18.2 Å². The molecule has 0 rings (SSSR count). The van der Waals surface area contributed by atoms with Crippen LogP contribution in [-0.2, 0) is 14.4 Å². The van der Waals surface area contributed by atoms with Crippen molar-refractivity contribution in [1.29, 1.82) is 0 Å². The Bertz CT molecular complexity index is 420. The Kier molecular flexibility index (Phi) is 14.2. The van der Waals surface area contributed by atoms with Crippen LogP contribution in [0.4, 0.5) is 0 Å². The van der Waals surface area contributed by atoms with Gasteiger partial charge in [-0.15, -0.1) is 0 Å². The summed E-state index contributed by atoms with van der Waals surface area (Å²) < 4.78 is 0. The van der Waals surface area contributed by atoms with Crippen molar-refractivity contribution in [2.75, 3.05) is 6.54 Å². The summed E-state index contributed by atoms with van der Waals surface area (Å²) in [5.74, 6) is 0. The summed E-state index contributed by atoms with van der Waals surface area (Å²) in [6, 6.07) is 0.0746. The Morgan fingerprint density at radius 3 is 1.82 bits per heavy atom. The Morgan fingerprint density at radius 1 is 0.727 bits per heavy atom. The van der Waals surface area contributed by atoms with Crippen molar-refractivity contribution in [2.24, 2.45) is 15.0 Å². The van der Waals surface area contributed by atoms with E-state index in [0.717, 1.165) is 57.8 Å². The second kappa shape index (κ2) is 15.5. The number of hydrogen-bond donors (Lipinski definition) is 0. The highest BCUT2D eigenvalue weighted by Crippen LogP contribution is 2.16. The summed E-state index contributed by atoms with van der Waals surface area (Å²) in [5.41, 5.74) is 0. The van der Waals surface area contributed by atoms with Gasteiger partial charge in [-0.1, -0.05) is 32.6 Å². The van der Waals surface area contributed by atoms with Crippen LogP contribution < -0.4 is 0 Å². The Labute approximate surface area is 131 Å². The quantitative estimate of drug-likeness (QED) is 0.280. The summed E-state index contributed by atoms with van der Waals surface area (Å²) in [6.07, 6.45) is 12.9. The van der Waals surface area contributed by atoms with Crippen LogP contribution in [0.15, 0.2) is 15.0 Å². The van der Waals surface area contributed by atoms with E-state index < -0.39 is 0 Å². The van der Waals surface area contributed by atoms with E-state index in [-0.39, 0.29) is 12.1 Å². The predicted molar refractivity (Wildman–Crippen MR) is 84.0 cm³/mol. The van der Waals surface area contributed by atoms with Gasteiger partial charge in [0, 0.05) is 0 Å². The van der Waals surface area contributed by atoms with Crippen LogP contribution >= 0.6 is 0 Å². The summed E-state index contributed by atoms with van der Waals surface area (Å²) in [7, 11) is 0. The van der Waals surface area contributed by atoms with E-state index in [1.165, 1.54) is 6.08 Å². The zero-order chi connectivity index (χ0) is 16.5. The van der Waals surface area contributed by atoms with Crippen molar-refractivity contribution in [3.05, 3.63) is 0 Å². The largest absolute Gasteiger partial charge is 0.235 e. The zero-order valence-electron chi connectivity index (χ0n) is 13.3. The molecule has 0 aromatic carbocycles. The van der Waals surface area contributed by atoms with E-state index in [2.05, 4.69) is 15.0 Å². The molecular weight excluding hydrogens is 282 g/mol. The van der Waals surface area contributed by atoms with Crippen LogP contribution in [0.1, 0.15) is 64.7 Å². The SMILES string of the molecule is CCC(CCCCC(CCCCCN=C=O)N=C=O)N=C=O. The molecule has 122 valence electrons. The lowest BCUT2D eigenvalue weighted by molar-refractivity contribution is 0.473. The molecule has 0 bridgehead atoms. The first-order valence-corrected chi connectivity index (χ1v) is 7.96. The van der Waals surface area contributed by atoms with Crippen molar-refractivity contribution in [1.82, 2.24) is 0 Å². The number of nitrogens with zero attached hydrogens (tertiary/aromatic N) is 3. The van der Waals surface area contributed by atoms with Gasteiger partial charge in [-0.05, 0) is 32.1 Å². The second-order valence-corrected chi connectivity index (χ2v) is 5.26. The molecule has 22 heavy (non-hydrogen) atoms. The third kappa shape index (κ3) is 11.9. The lowest BCUT2D eigenvalue weighted by atomic mass is 10.0. The molecule has 0 aromatic rings. The summed E-state index contributed by atoms with van der Waals surface area (Å²) in [5, 5.41) is 0. The fourth-order valence-corrected chi connectivity index (χ4v) is 2.34. The Morgan fingerprint density at radius 2 is 1.27 bits per heavy atom. The van der Waals surface area contributed by atoms with E-state index in [0.29, 0.717) is 6.54 Å². The van der Waals surface area contributed by atoms with Crippen LogP contribution in [-0.4, -0.2) is 36.9 Å². The van der Waals surface area contributed by atoms with Crippen LogP contribution in [0.25, 0.3) is 0 Å². The van der Waals surface area contributed by atoms with Crippen molar-refractivity contribution in [2.45, 2.75) is 76.8 Å². The highest BCUT2D eigenvalue weighted by Gasteiger charge is 2.08. The van der Waals surface area contributed by atoms with Gasteiger partial charge in [0.05, 0.1) is 18.6 Å². The Hall–Kier alpha value is -1.86. The standard InChI is InChI=1S/C16H25N3O3/c1-2-15(18-13-21)8-5-6-10-16(19-14-22)9-4-3-7-11-17-12-20/h15-16H,2-11H2,1H3. The fraction of sp³-hybridized carbons (Fsp3) is 0.812. The summed E-state index contributed by atoms with van der Waals surface area (Å²) >= 11 is 0. The molecule has 2 atom stereocenters. The average molecular weight is 307 g/mol. The van der Waals surface area contributed by atoms with Crippen LogP contribution in [0.5, 0.6) is 0 Å². The highest BCUT2D eigenvalue weighted by atomic mass is 16.1. The molecule has 0 heterocycles. The number of hydrogen-bond acceptors (Lipinski definition) is 6. The van der Waals surface area contributed by atoms with Gasteiger partial charge >= 0.3 is 0 Å². The minimum Gasteiger partial charge on any atom is -0.211 e. The maximum Gasteiger partial charge on any atom is 0.235 e. The normalized spacial score (nSPS) is 12.4. The van der Waals surface area contributed by atoms with E-state index in [9.17, 15) is 14.4 Å². The summed E-state index contributed by atoms with van der Waals surface area (Å²) in [4.78, 5) is 41.7. The molecule has 0 aliphatic carbocycles. The first-order chi connectivity index (χ1) is 10.8. The van der Waals surface area contributed by atoms with Gasteiger partial charge in [-0.25, -0.2) is 29.4 Å². The van der Waals surface area contributed by atoms with Crippen molar-refractivity contribution >= 4 is 18.2 Å². The first kappa shape index (κ1) is 20.1. The Balaban J connectivity index is 3.87. The number of unbranched alkanes of at least 4 members (excludes halogenated alkanes) is 3. The van der Waals surface area contributed by atoms with Gasteiger partial charge in [0.25, 0.3) is 0 Å². The number of isocyanates is 3. The lowest BCUT2D eigenvalue weighted by Crippen LogP contribution is -2.06. The van der Waals surface area contributed by atoms with Gasteiger partial charge < -0.3 is 0 Å². The molecule has 2 unspecified atom stereocenters. The molecule has 0 saturated heterocycles. The molecule has 0 spiro atoms. The number of rotatable bonds is 14. The molecule has 0 radical (unpaired) electrons. The molecular formula is C16H25N3O3. The first-order valence-electron chi connectivity index (χ1n) is 7.96. The highest BCUT2D eigenvalue weighted by molar-refractivity contribution is 5.33. The van der Waals surface area contributed by atoms with Crippen molar-refractivity contribution in [3.63, 3.8) is 0 Å². The molecule has 0 N–H and O–H groups in total. The number of aliphatic imine (C=N–C) groups is 3. The molecule has 0 fully saturated rings.